The van der Waals surface area contributed by atoms with Crippen molar-refractivity contribution >= 4 is 40.9 Å². The first-order valence-electron chi connectivity index (χ1n) is 6.89. The average Bonchev–Trinajstić information content (AvgIpc) is 2.49. The third-order valence-electron chi connectivity index (χ3n) is 3.24. The molecular weight excluding hydrogens is 337 g/mol. The van der Waals surface area contributed by atoms with E-state index in [9.17, 15) is 4.79 Å². The molecule has 2 rings (SSSR count). The normalized spacial score (nSPS) is 10.5. The van der Waals surface area contributed by atoms with Gasteiger partial charge in [-0.1, -0.05) is 53.5 Å². The Morgan fingerprint density at radius 3 is 2.64 bits per heavy atom. The van der Waals surface area contributed by atoms with Crippen LogP contribution in [0.3, 0.4) is 0 Å². The average molecular weight is 354 g/mol. The zero-order chi connectivity index (χ0) is 15.9. The molecule has 2 aromatic rings. The fraction of sp³-hybridized carbons (Fsp3) is 0.235. The number of benzene rings is 2. The van der Waals surface area contributed by atoms with Gasteiger partial charge < -0.3 is 5.32 Å². The first kappa shape index (κ1) is 17.2. The predicted octanol–water partition coefficient (Wildman–Crippen LogP) is 4.85. The maximum atomic E-state index is 11.9. The largest absolute Gasteiger partial charge is 0.351 e. The molecule has 0 saturated heterocycles. The van der Waals surface area contributed by atoms with Gasteiger partial charge in [-0.15, -0.1) is 11.8 Å². The Kier molecular flexibility index (Phi) is 6.62. The highest BCUT2D eigenvalue weighted by atomic mass is 35.5. The van der Waals surface area contributed by atoms with E-state index in [4.69, 9.17) is 23.2 Å². The Morgan fingerprint density at radius 2 is 1.91 bits per heavy atom. The molecular formula is C17H17Cl2NOS. The first-order valence-corrected chi connectivity index (χ1v) is 8.80. The molecule has 0 radical (unpaired) electrons. The Morgan fingerprint density at radius 1 is 1.14 bits per heavy atom. The van der Waals surface area contributed by atoms with Crippen molar-refractivity contribution in [1.82, 2.24) is 5.32 Å². The maximum absolute atomic E-state index is 11.9. The van der Waals surface area contributed by atoms with Crippen molar-refractivity contribution in [2.45, 2.75) is 19.2 Å². The molecule has 0 aliphatic heterocycles. The molecule has 0 heterocycles. The maximum Gasteiger partial charge on any atom is 0.230 e. The minimum atomic E-state index is 0.0262. The van der Waals surface area contributed by atoms with E-state index in [0.717, 1.165) is 11.1 Å². The van der Waals surface area contributed by atoms with Gasteiger partial charge in [-0.3, -0.25) is 4.79 Å². The molecule has 0 unspecified atom stereocenters. The van der Waals surface area contributed by atoms with E-state index in [0.29, 0.717) is 28.1 Å². The molecule has 2 aromatic carbocycles. The number of aryl methyl sites for hydroxylation is 1. The zero-order valence-corrected chi connectivity index (χ0v) is 14.6. The summed E-state index contributed by atoms with van der Waals surface area (Å²) in [5.74, 6) is 1.12. The number of rotatable bonds is 6. The number of hydrogen-bond acceptors (Lipinski definition) is 2. The van der Waals surface area contributed by atoms with Crippen LogP contribution in [-0.4, -0.2) is 11.7 Å². The topological polar surface area (TPSA) is 29.1 Å². The Balaban J connectivity index is 1.75. The van der Waals surface area contributed by atoms with E-state index >= 15 is 0 Å². The van der Waals surface area contributed by atoms with Crippen molar-refractivity contribution in [3.63, 3.8) is 0 Å². The molecule has 1 amide bonds. The molecule has 116 valence electrons. The second-order valence-electron chi connectivity index (χ2n) is 4.93. The zero-order valence-electron chi connectivity index (χ0n) is 12.2. The molecule has 0 aliphatic carbocycles. The van der Waals surface area contributed by atoms with Crippen LogP contribution in [0.4, 0.5) is 0 Å². The summed E-state index contributed by atoms with van der Waals surface area (Å²) in [6.07, 6.45) is 0. The van der Waals surface area contributed by atoms with E-state index in [-0.39, 0.29) is 5.91 Å². The summed E-state index contributed by atoms with van der Waals surface area (Å²) < 4.78 is 0. The molecule has 1 N–H and O–H groups in total. The van der Waals surface area contributed by atoms with Crippen LogP contribution in [-0.2, 0) is 17.1 Å². The Bertz CT molecular complexity index is 661. The molecule has 2 nitrogen and oxygen atoms in total. The molecule has 0 fully saturated rings. The second-order valence-corrected chi connectivity index (χ2v) is 6.76. The second kappa shape index (κ2) is 8.47. The fourth-order valence-corrected chi connectivity index (χ4v) is 3.36. The number of thioether (sulfide) groups is 1. The van der Waals surface area contributed by atoms with E-state index < -0.39 is 0 Å². The molecule has 0 aliphatic rings. The smallest absolute Gasteiger partial charge is 0.230 e. The number of carbonyl (C=O) groups excluding carboxylic acids is 1. The summed E-state index contributed by atoms with van der Waals surface area (Å²) in [5, 5.41) is 4.20. The third kappa shape index (κ3) is 5.24. The van der Waals surface area contributed by atoms with Crippen LogP contribution in [0.5, 0.6) is 0 Å². The van der Waals surface area contributed by atoms with Gasteiger partial charge in [0.1, 0.15) is 0 Å². The van der Waals surface area contributed by atoms with Gasteiger partial charge in [0, 0.05) is 22.3 Å². The minimum Gasteiger partial charge on any atom is -0.351 e. The van der Waals surface area contributed by atoms with Crippen molar-refractivity contribution in [3.05, 3.63) is 69.2 Å². The lowest BCUT2D eigenvalue weighted by Gasteiger charge is -2.08. The number of carbonyl (C=O) groups is 1. The molecule has 22 heavy (non-hydrogen) atoms. The van der Waals surface area contributed by atoms with Crippen molar-refractivity contribution in [2.24, 2.45) is 0 Å². The molecule has 0 atom stereocenters. The summed E-state index contributed by atoms with van der Waals surface area (Å²) in [6.45, 7) is 2.60. The summed E-state index contributed by atoms with van der Waals surface area (Å²) in [6, 6.07) is 13.5. The lowest BCUT2D eigenvalue weighted by atomic mass is 10.1. The van der Waals surface area contributed by atoms with Gasteiger partial charge in [-0.25, -0.2) is 0 Å². The third-order valence-corrected chi connectivity index (χ3v) is 4.81. The van der Waals surface area contributed by atoms with Gasteiger partial charge in [0.25, 0.3) is 0 Å². The molecule has 0 spiro atoms. The van der Waals surface area contributed by atoms with Crippen molar-refractivity contribution < 1.29 is 4.79 Å². The number of amides is 1. The summed E-state index contributed by atoms with van der Waals surface area (Å²) in [5.41, 5.74) is 3.31. The van der Waals surface area contributed by atoms with Gasteiger partial charge in [0.15, 0.2) is 0 Å². The van der Waals surface area contributed by atoms with Crippen molar-refractivity contribution in [2.75, 3.05) is 5.75 Å². The summed E-state index contributed by atoms with van der Waals surface area (Å²) >= 11 is 13.5. The standard InChI is InChI=1S/C17H17Cl2NOS/c1-12-4-2-3-5-13(12)9-20-17(21)11-22-10-14-6-7-15(18)8-16(14)19/h2-8H,9-11H2,1H3,(H,20,21). The highest BCUT2D eigenvalue weighted by Gasteiger charge is 2.05. The van der Waals surface area contributed by atoms with Crippen LogP contribution < -0.4 is 5.32 Å². The monoisotopic (exact) mass is 353 g/mol. The van der Waals surface area contributed by atoms with Crippen LogP contribution in [0.25, 0.3) is 0 Å². The van der Waals surface area contributed by atoms with Crippen LogP contribution in [0.15, 0.2) is 42.5 Å². The lowest BCUT2D eigenvalue weighted by molar-refractivity contribution is -0.118. The Hall–Kier alpha value is -1.16. The van der Waals surface area contributed by atoms with Gasteiger partial charge in [0.05, 0.1) is 5.75 Å². The number of halogens is 2. The van der Waals surface area contributed by atoms with Gasteiger partial charge in [-0.05, 0) is 35.7 Å². The summed E-state index contributed by atoms with van der Waals surface area (Å²) in [4.78, 5) is 11.9. The highest BCUT2D eigenvalue weighted by molar-refractivity contribution is 7.99. The van der Waals surface area contributed by atoms with Crippen LogP contribution in [0.2, 0.25) is 10.0 Å². The van der Waals surface area contributed by atoms with Crippen molar-refractivity contribution in [3.8, 4) is 0 Å². The number of nitrogens with one attached hydrogen (secondary N) is 1. The van der Waals surface area contributed by atoms with Gasteiger partial charge in [-0.2, -0.15) is 0 Å². The van der Waals surface area contributed by atoms with E-state index in [1.807, 2.05) is 43.3 Å². The molecule has 0 aromatic heterocycles. The molecule has 5 heteroatoms. The van der Waals surface area contributed by atoms with Crippen LogP contribution >= 0.6 is 35.0 Å². The lowest BCUT2D eigenvalue weighted by Crippen LogP contribution is -2.25. The quantitative estimate of drug-likeness (QED) is 0.803. The van der Waals surface area contributed by atoms with Gasteiger partial charge >= 0.3 is 0 Å². The van der Waals surface area contributed by atoms with E-state index in [1.165, 1.54) is 17.3 Å². The van der Waals surface area contributed by atoms with Gasteiger partial charge in [0.2, 0.25) is 5.91 Å². The van der Waals surface area contributed by atoms with Crippen LogP contribution in [0.1, 0.15) is 16.7 Å². The van der Waals surface area contributed by atoms with E-state index in [1.54, 1.807) is 6.07 Å². The fourth-order valence-electron chi connectivity index (χ4n) is 1.95. The van der Waals surface area contributed by atoms with E-state index in [2.05, 4.69) is 5.32 Å². The SMILES string of the molecule is Cc1ccccc1CNC(=O)CSCc1ccc(Cl)cc1Cl. The van der Waals surface area contributed by atoms with Crippen LogP contribution in [0, 0.1) is 6.92 Å². The molecule has 0 saturated carbocycles. The predicted molar refractivity (Wildman–Crippen MR) is 95.6 cm³/mol. The molecule has 0 bridgehead atoms. The number of hydrogen-bond donors (Lipinski definition) is 1. The Labute approximate surface area is 145 Å². The van der Waals surface area contributed by atoms with Crippen molar-refractivity contribution in [1.29, 1.82) is 0 Å². The highest BCUT2D eigenvalue weighted by Crippen LogP contribution is 2.24. The minimum absolute atomic E-state index is 0.0262. The summed E-state index contributed by atoms with van der Waals surface area (Å²) in [7, 11) is 0. The first-order chi connectivity index (χ1) is 10.6.